The van der Waals surface area contributed by atoms with Crippen LogP contribution < -0.4 is 10.6 Å². The molecule has 0 radical (unpaired) electrons. The molecule has 1 amide bonds. The van der Waals surface area contributed by atoms with Gasteiger partial charge in [-0.05, 0) is 57.1 Å². The highest BCUT2D eigenvalue weighted by atomic mass is 35.5. The van der Waals surface area contributed by atoms with Crippen LogP contribution in [0, 0.1) is 0 Å². The molecule has 0 bridgehead atoms. The van der Waals surface area contributed by atoms with Crippen molar-refractivity contribution in [3.63, 3.8) is 0 Å². The van der Waals surface area contributed by atoms with Gasteiger partial charge in [-0.1, -0.05) is 37.1 Å². The Morgan fingerprint density at radius 1 is 1.00 bits per heavy atom. The van der Waals surface area contributed by atoms with Gasteiger partial charge in [0.2, 0.25) is 5.91 Å². The molecule has 1 aliphatic rings. The predicted octanol–water partition coefficient (Wildman–Crippen LogP) is 3.52. The maximum absolute atomic E-state index is 11.7. The third-order valence-electron chi connectivity index (χ3n) is 4.45. The Hall–Kier alpha value is -0.810. The van der Waals surface area contributed by atoms with Gasteiger partial charge in [-0.3, -0.25) is 9.69 Å². The molecule has 25 heavy (non-hydrogen) atoms. The third-order valence-corrected chi connectivity index (χ3v) is 4.45. The van der Waals surface area contributed by atoms with Crippen molar-refractivity contribution in [2.24, 2.45) is 0 Å². The summed E-state index contributed by atoms with van der Waals surface area (Å²) in [4.78, 5) is 14.3. The van der Waals surface area contributed by atoms with E-state index in [4.69, 9.17) is 0 Å². The molecule has 6 heteroatoms. The fraction of sp³-hybridized carbons (Fsp3) is 0.632. The Morgan fingerprint density at radius 2 is 1.60 bits per heavy atom. The van der Waals surface area contributed by atoms with E-state index in [0.717, 1.165) is 19.5 Å². The quantitative estimate of drug-likeness (QED) is 0.668. The van der Waals surface area contributed by atoms with Crippen molar-refractivity contribution in [3.05, 3.63) is 35.4 Å². The van der Waals surface area contributed by atoms with E-state index in [9.17, 15) is 4.79 Å². The van der Waals surface area contributed by atoms with Crippen LogP contribution in [-0.2, 0) is 17.9 Å². The van der Waals surface area contributed by atoms with E-state index < -0.39 is 0 Å². The molecule has 0 atom stereocenters. The number of nitrogens with zero attached hydrogens (tertiary/aromatic N) is 1. The predicted molar refractivity (Wildman–Crippen MR) is 110 cm³/mol. The molecule has 1 aromatic rings. The van der Waals surface area contributed by atoms with Crippen molar-refractivity contribution in [2.75, 3.05) is 26.7 Å². The molecule has 1 aromatic carbocycles. The molecule has 4 nitrogen and oxygen atoms in total. The first-order chi connectivity index (χ1) is 11.3. The molecule has 2 N–H and O–H groups in total. The second-order valence-electron chi connectivity index (χ2n) is 6.49. The van der Waals surface area contributed by atoms with Gasteiger partial charge < -0.3 is 10.6 Å². The first-order valence-corrected chi connectivity index (χ1v) is 8.99. The molecule has 2 rings (SSSR count). The van der Waals surface area contributed by atoms with E-state index in [-0.39, 0.29) is 30.7 Å². The average Bonchev–Trinajstić information content (AvgIpc) is 2.83. The SMILES string of the molecule is CNCCCC(=O)NCc1ccc(CN2CCCCCC2)cc1.Cl.Cl. The lowest BCUT2D eigenvalue weighted by atomic mass is 10.1. The lowest BCUT2D eigenvalue weighted by Gasteiger charge is -2.19. The summed E-state index contributed by atoms with van der Waals surface area (Å²) in [5.74, 6) is 0.133. The molecular weight excluding hydrogens is 357 g/mol. The van der Waals surface area contributed by atoms with E-state index >= 15 is 0 Å². The van der Waals surface area contributed by atoms with Crippen molar-refractivity contribution >= 4 is 30.7 Å². The third kappa shape index (κ3) is 10.0. The number of benzene rings is 1. The van der Waals surface area contributed by atoms with E-state index in [1.807, 2.05) is 7.05 Å². The van der Waals surface area contributed by atoms with Crippen LogP contribution in [0.1, 0.15) is 49.7 Å². The van der Waals surface area contributed by atoms with E-state index in [1.165, 1.54) is 49.9 Å². The number of likely N-dealkylation sites (tertiary alicyclic amines) is 1. The van der Waals surface area contributed by atoms with E-state index in [2.05, 4.69) is 39.8 Å². The number of carbonyl (C=O) groups is 1. The Balaban J connectivity index is 0.00000288. The molecule has 1 saturated heterocycles. The van der Waals surface area contributed by atoms with Crippen molar-refractivity contribution < 1.29 is 4.79 Å². The van der Waals surface area contributed by atoms with Gasteiger partial charge in [-0.2, -0.15) is 0 Å². The minimum atomic E-state index is 0. The summed E-state index contributed by atoms with van der Waals surface area (Å²) in [6.45, 7) is 5.02. The molecule has 0 saturated carbocycles. The molecule has 1 fully saturated rings. The number of hydrogen-bond acceptors (Lipinski definition) is 3. The molecular formula is C19H33Cl2N3O. The highest BCUT2D eigenvalue weighted by Gasteiger charge is 2.09. The van der Waals surface area contributed by atoms with Gasteiger partial charge in [0.15, 0.2) is 0 Å². The number of rotatable bonds is 8. The number of nitrogens with one attached hydrogen (secondary N) is 2. The normalized spacial score (nSPS) is 14.8. The Morgan fingerprint density at radius 3 is 2.20 bits per heavy atom. The molecule has 1 aliphatic heterocycles. The number of carbonyl (C=O) groups excluding carboxylic acids is 1. The van der Waals surface area contributed by atoms with Gasteiger partial charge in [-0.15, -0.1) is 24.8 Å². The van der Waals surface area contributed by atoms with Crippen molar-refractivity contribution in [2.45, 2.75) is 51.6 Å². The second kappa shape index (κ2) is 14.4. The first-order valence-electron chi connectivity index (χ1n) is 8.99. The summed E-state index contributed by atoms with van der Waals surface area (Å²) in [5.41, 5.74) is 2.54. The smallest absolute Gasteiger partial charge is 0.220 e. The fourth-order valence-corrected chi connectivity index (χ4v) is 3.03. The summed E-state index contributed by atoms with van der Waals surface area (Å²) < 4.78 is 0. The van der Waals surface area contributed by atoms with Gasteiger partial charge in [-0.25, -0.2) is 0 Å². The topological polar surface area (TPSA) is 44.4 Å². The highest BCUT2D eigenvalue weighted by molar-refractivity contribution is 5.85. The van der Waals surface area contributed by atoms with Crippen molar-refractivity contribution in [1.29, 1.82) is 0 Å². The van der Waals surface area contributed by atoms with E-state index in [1.54, 1.807) is 0 Å². The largest absolute Gasteiger partial charge is 0.352 e. The summed E-state index contributed by atoms with van der Waals surface area (Å²) in [7, 11) is 1.91. The van der Waals surface area contributed by atoms with Crippen molar-refractivity contribution in [1.82, 2.24) is 15.5 Å². The monoisotopic (exact) mass is 389 g/mol. The summed E-state index contributed by atoms with van der Waals surface area (Å²) in [5, 5.41) is 6.05. The van der Waals surface area contributed by atoms with Crippen LogP contribution in [0.25, 0.3) is 0 Å². The number of hydrogen-bond donors (Lipinski definition) is 2. The Labute approximate surface area is 164 Å². The zero-order valence-corrected chi connectivity index (χ0v) is 16.9. The number of halogens is 2. The second-order valence-corrected chi connectivity index (χ2v) is 6.49. The fourth-order valence-electron chi connectivity index (χ4n) is 3.03. The van der Waals surface area contributed by atoms with Crippen LogP contribution in [0.3, 0.4) is 0 Å². The van der Waals surface area contributed by atoms with Gasteiger partial charge in [0.25, 0.3) is 0 Å². The van der Waals surface area contributed by atoms with Crippen LogP contribution in [0.5, 0.6) is 0 Å². The molecule has 0 spiro atoms. The van der Waals surface area contributed by atoms with E-state index in [0.29, 0.717) is 13.0 Å². The number of amides is 1. The molecule has 0 aliphatic carbocycles. The van der Waals surface area contributed by atoms with Crippen LogP contribution in [-0.4, -0.2) is 37.5 Å². The molecule has 1 heterocycles. The lowest BCUT2D eigenvalue weighted by Crippen LogP contribution is -2.24. The van der Waals surface area contributed by atoms with Crippen LogP contribution in [0.2, 0.25) is 0 Å². The molecule has 0 aromatic heterocycles. The summed E-state index contributed by atoms with van der Waals surface area (Å²) in [6.07, 6.45) is 6.90. The van der Waals surface area contributed by atoms with Crippen molar-refractivity contribution in [3.8, 4) is 0 Å². The van der Waals surface area contributed by atoms with Crippen LogP contribution >= 0.6 is 24.8 Å². The Kier molecular flexibility index (Phi) is 13.9. The summed E-state index contributed by atoms with van der Waals surface area (Å²) in [6, 6.07) is 8.68. The lowest BCUT2D eigenvalue weighted by molar-refractivity contribution is -0.121. The van der Waals surface area contributed by atoms with Gasteiger partial charge in [0, 0.05) is 19.5 Å². The maximum atomic E-state index is 11.7. The standard InChI is InChI=1S/C19H31N3O.2ClH/c1-20-12-6-7-19(23)21-15-17-8-10-18(11-9-17)16-22-13-4-2-3-5-14-22;;/h8-11,20H,2-7,12-16H2,1H3,(H,21,23);2*1H. The van der Waals surface area contributed by atoms with Crippen LogP contribution in [0.15, 0.2) is 24.3 Å². The van der Waals surface area contributed by atoms with Crippen LogP contribution in [0.4, 0.5) is 0 Å². The average molecular weight is 390 g/mol. The summed E-state index contributed by atoms with van der Waals surface area (Å²) >= 11 is 0. The minimum Gasteiger partial charge on any atom is -0.352 e. The first kappa shape index (κ1) is 24.2. The zero-order valence-electron chi connectivity index (χ0n) is 15.3. The Bertz CT molecular complexity index is 460. The highest BCUT2D eigenvalue weighted by Crippen LogP contribution is 2.13. The molecule has 0 unspecified atom stereocenters. The van der Waals surface area contributed by atoms with Gasteiger partial charge in [0.05, 0.1) is 0 Å². The van der Waals surface area contributed by atoms with Gasteiger partial charge in [0.1, 0.15) is 0 Å². The minimum absolute atomic E-state index is 0. The maximum Gasteiger partial charge on any atom is 0.220 e. The van der Waals surface area contributed by atoms with Gasteiger partial charge >= 0.3 is 0 Å². The molecule has 144 valence electrons. The zero-order chi connectivity index (χ0) is 16.3.